The highest BCUT2D eigenvalue weighted by atomic mass is 16.4. The van der Waals surface area contributed by atoms with Gasteiger partial charge in [-0.3, -0.25) is 24.1 Å². The lowest BCUT2D eigenvalue weighted by molar-refractivity contribution is -0.142. The molecule has 2 heterocycles. The average molecular weight is 445 g/mol. The number of hydrogen-bond acceptors (Lipinski definition) is 5. The predicted octanol–water partition coefficient (Wildman–Crippen LogP) is 4.27. The summed E-state index contributed by atoms with van der Waals surface area (Å²) in [5.41, 5.74) is 2.91. The number of rotatable bonds is 7. The molecule has 0 saturated carbocycles. The molecule has 0 fully saturated rings. The number of amides is 2. The maximum atomic E-state index is 12.9. The summed E-state index contributed by atoms with van der Waals surface area (Å²) >= 11 is 0. The van der Waals surface area contributed by atoms with Crippen LogP contribution in [0.4, 0.5) is 0 Å². The Morgan fingerprint density at radius 3 is 2.39 bits per heavy atom. The predicted molar refractivity (Wildman–Crippen MR) is 119 cm³/mol. The van der Waals surface area contributed by atoms with E-state index < -0.39 is 23.7 Å². The van der Waals surface area contributed by atoms with Crippen LogP contribution >= 0.6 is 0 Å². The Balaban J connectivity index is 1.29. The van der Waals surface area contributed by atoms with Gasteiger partial charge in [0.05, 0.1) is 17.0 Å². The van der Waals surface area contributed by atoms with Gasteiger partial charge in [0.15, 0.2) is 5.78 Å². The van der Waals surface area contributed by atoms with Crippen molar-refractivity contribution < 1.29 is 28.7 Å². The molecule has 168 valence electrons. The fraction of sp³-hybridized carbons (Fsp3) is 0.308. The average Bonchev–Trinajstić information content (AvgIpc) is 3.31. The zero-order valence-electron chi connectivity index (χ0n) is 18.0. The summed E-state index contributed by atoms with van der Waals surface area (Å²) in [7, 11) is 0. The Hall–Kier alpha value is -3.74. The molecule has 0 unspecified atom stereocenters. The molecule has 0 saturated heterocycles. The van der Waals surface area contributed by atoms with Crippen LogP contribution in [0.5, 0.6) is 0 Å². The molecule has 0 radical (unpaired) electrons. The van der Waals surface area contributed by atoms with Crippen LogP contribution in [0.15, 0.2) is 46.9 Å². The Morgan fingerprint density at radius 2 is 1.70 bits per heavy atom. The molecule has 3 aromatic rings. The molecule has 33 heavy (non-hydrogen) atoms. The molecule has 1 aliphatic carbocycles. The number of carbonyl (C=O) groups excluding carboxylic acids is 3. The molecular formula is C26H23NO6. The van der Waals surface area contributed by atoms with Gasteiger partial charge in [0.2, 0.25) is 0 Å². The molecule has 7 heteroatoms. The zero-order chi connectivity index (χ0) is 23.1. The van der Waals surface area contributed by atoms with Crippen LogP contribution in [0, 0.1) is 5.92 Å². The highest BCUT2D eigenvalue weighted by molar-refractivity contribution is 6.21. The SMILES string of the molecule is O=C(C[C@@H](CCN1C(=O)c2ccccc2C1=O)C(=O)O)c1ccc2c3c(oc2c1)CCCC3. The second-order valence-electron chi connectivity index (χ2n) is 8.68. The number of nitrogens with zero attached hydrogens (tertiary/aromatic N) is 1. The Labute approximate surface area is 190 Å². The number of hydrogen-bond donors (Lipinski definition) is 1. The molecule has 2 aromatic carbocycles. The van der Waals surface area contributed by atoms with Crippen molar-refractivity contribution in [2.45, 2.75) is 38.5 Å². The number of benzene rings is 2. The Morgan fingerprint density at radius 1 is 1.00 bits per heavy atom. The molecule has 5 rings (SSSR count). The topological polar surface area (TPSA) is 105 Å². The van der Waals surface area contributed by atoms with Crippen LogP contribution in [-0.2, 0) is 17.6 Å². The lowest BCUT2D eigenvalue weighted by Gasteiger charge is -2.17. The number of furan rings is 1. The van der Waals surface area contributed by atoms with Crippen LogP contribution < -0.4 is 0 Å². The quantitative estimate of drug-likeness (QED) is 0.430. The third-order valence-corrected chi connectivity index (χ3v) is 6.64. The van der Waals surface area contributed by atoms with Crippen LogP contribution in [0.25, 0.3) is 11.0 Å². The highest BCUT2D eigenvalue weighted by Gasteiger charge is 2.36. The van der Waals surface area contributed by atoms with Gasteiger partial charge in [0.25, 0.3) is 11.8 Å². The molecule has 1 atom stereocenters. The molecule has 0 spiro atoms. The van der Waals surface area contributed by atoms with Crippen molar-refractivity contribution in [1.82, 2.24) is 4.90 Å². The van der Waals surface area contributed by atoms with Crippen LogP contribution in [0.3, 0.4) is 0 Å². The minimum atomic E-state index is -1.13. The first-order chi connectivity index (χ1) is 15.9. The van der Waals surface area contributed by atoms with Crippen LogP contribution in [-0.4, -0.2) is 40.1 Å². The largest absolute Gasteiger partial charge is 0.481 e. The number of ketones is 1. The molecular weight excluding hydrogens is 422 g/mol. The van der Waals surface area contributed by atoms with Gasteiger partial charge in [-0.15, -0.1) is 0 Å². The molecule has 1 aromatic heterocycles. The Kier molecular flexibility index (Phi) is 5.32. The number of aryl methyl sites for hydroxylation is 2. The van der Waals surface area contributed by atoms with Gasteiger partial charge in [-0.1, -0.05) is 24.3 Å². The first-order valence-electron chi connectivity index (χ1n) is 11.2. The summed E-state index contributed by atoms with van der Waals surface area (Å²) in [5, 5.41) is 10.7. The number of imide groups is 1. The van der Waals surface area contributed by atoms with E-state index in [4.69, 9.17) is 4.42 Å². The van der Waals surface area contributed by atoms with Crippen molar-refractivity contribution in [2.24, 2.45) is 5.92 Å². The Bertz CT molecular complexity index is 1270. The van der Waals surface area contributed by atoms with Gasteiger partial charge in [0, 0.05) is 35.9 Å². The minimum absolute atomic E-state index is 0.00380. The molecule has 2 amide bonds. The summed E-state index contributed by atoms with van der Waals surface area (Å²) in [4.78, 5) is 50.8. The monoisotopic (exact) mass is 445 g/mol. The highest BCUT2D eigenvalue weighted by Crippen LogP contribution is 2.33. The van der Waals surface area contributed by atoms with Crippen molar-refractivity contribution in [1.29, 1.82) is 0 Å². The first-order valence-corrected chi connectivity index (χ1v) is 11.2. The van der Waals surface area contributed by atoms with Gasteiger partial charge < -0.3 is 9.52 Å². The van der Waals surface area contributed by atoms with Crippen LogP contribution in [0.2, 0.25) is 0 Å². The van der Waals surface area contributed by atoms with E-state index in [1.165, 1.54) is 5.56 Å². The van der Waals surface area contributed by atoms with E-state index in [1.54, 1.807) is 36.4 Å². The summed E-state index contributed by atoms with van der Waals surface area (Å²) < 4.78 is 5.95. The standard InChI is InChI=1S/C26H23NO6/c28-21(15-9-10-18-17-5-3-4-8-22(17)33-23(18)14-15)13-16(26(31)32)11-12-27-24(29)19-6-1-2-7-20(19)25(27)30/h1-2,6-7,9-10,14,16H,3-5,8,11-13H2,(H,31,32)/t16-/m1/s1. The minimum Gasteiger partial charge on any atom is -0.481 e. The van der Waals surface area contributed by atoms with E-state index in [2.05, 4.69) is 0 Å². The maximum Gasteiger partial charge on any atom is 0.307 e. The van der Waals surface area contributed by atoms with E-state index in [1.807, 2.05) is 6.07 Å². The smallest absolute Gasteiger partial charge is 0.307 e. The summed E-state index contributed by atoms with van der Waals surface area (Å²) in [6, 6.07) is 11.8. The van der Waals surface area contributed by atoms with Crippen molar-refractivity contribution in [3.63, 3.8) is 0 Å². The summed E-state index contributed by atoms with van der Waals surface area (Å²) in [6.07, 6.45) is 3.86. The van der Waals surface area contributed by atoms with Crippen molar-refractivity contribution >= 4 is 34.5 Å². The van der Waals surface area contributed by atoms with Crippen molar-refractivity contribution in [3.05, 3.63) is 70.5 Å². The van der Waals surface area contributed by atoms with Crippen molar-refractivity contribution in [2.75, 3.05) is 6.54 Å². The second kappa shape index (κ2) is 8.31. The summed E-state index contributed by atoms with van der Waals surface area (Å²) in [5.74, 6) is -2.33. The number of carbonyl (C=O) groups is 4. The number of fused-ring (bicyclic) bond motifs is 4. The lowest BCUT2D eigenvalue weighted by atomic mass is 9.93. The molecule has 0 bridgehead atoms. The van der Waals surface area contributed by atoms with Gasteiger partial charge in [0.1, 0.15) is 11.3 Å². The molecule has 1 N–H and O–H groups in total. The fourth-order valence-corrected chi connectivity index (χ4v) is 4.82. The van der Waals surface area contributed by atoms with E-state index in [-0.39, 0.29) is 25.2 Å². The number of carboxylic acids is 1. The van der Waals surface area contributed by atoms with E-state index in [9.17, 15) is 24.3 Å². The molecule has 1 aliphatic heterocycles. The summed E-state index contributed by atoms with van der Waals surface area (Å²) in [6.45, 7) is -0.0550. The van der Waals surface area contributed by atoms with E-state index >= 15 is 0 Å². The van der Waals surface area contributed by atoms with Gasteiger partial charge in [-0.05, 0) is 43.9 Å². The maximum absolute atomic E-state index is 12.9. The second-order valence-corrected chi connectivity index (χ2v) is 8.68. The lowest BCUT2D eigenvalue weighted by Crippen LogP contribution is -2.33. The van der Waals surface area contributed by atoms with E-state index in [0.29, 0.717) is 22.3 Å². The van der Waals surface area contributed by atoms with Gasteiger partial charge in [-0.2, -0.15) is 0 Å². The zero-order valence-corrected chi connectivity index (χ0v) is 18.0. The molecule has 2 aliphatic rings. The van der Waals surface area contributed by atoms with Gasteiger partial charge in [-0.25, -0.2) is 0 Å². The number of Topliss-reactive ketones (excluding diaryl/α,β-unsaturated/α-hetero) is 1. The normalized spacial score (nSPS) is 16.1. The molecule has 7 nitrogen and oxygen atoms in total. The van der Waals surface area contributed by atoms with Crippen molar-refractivity contribution in [3.8, 4) is 0 Å². The van der Waals surface area contributed by atoms with Crippen LogP contribution in [0.1, 0.15) is 68.1 Å². The number of aliphatic carboxylic acids is 1. The van der Waals surface area contributed by atoms with Gasteiger partial charge >= 0.3 is 5.97 Å². The third kappa shape index (κ3) is 3.73. The number of carboxylic acid groups (broad SMARTS) is 1. The van der Waals surface area contributed by atoms with E-state index in [0.717, 1.165) is 41.7 Å². The third-order valence-electron chi connectivity index (χ3n) is 6.64. The fourth-order valence-electron chi connectivity index (χ4n) is 4.82. The first kappa shape index (κ1) is 21.1.